The van der Waals surface area contributed by atoms with Crippen LogP contribution in [0.2, 0.25) is 5.02 Å². The zero-order valence-electron chi connectivity index (χ0n) is 12.7. The van der Waals surface area contributed by atoms with E-state index in [0.29, 0.717) is 12.2 Å². The summed E-state index contributed by atoms with van der Waals surface area (Å²) in [5.41, 5.74) is 1.83. The fourth-order valence-electron chi connectivity index (χ4n) is 2.00. The van der Waals surface area contributed by atoms with Crippen LogP contribution >= 0.6 is 23.4 Å². The second-order valence-electron chi connectivity index (χ2n) is 4.99. The molecule has 0 saturated carbocycles. The summed E-state index contributed by atoms with van der Waals surface area (Å²) >= 11 is 7.69. The van der Waals surface area contributed by atoms with Crippen LogP contribution in [0.4, 0.5) is 11.4 Å². The van der Waals surface area contributed by atoms with Crippen LogP contribution in [0.3, 0.4) is 0 Å². The van der Waals surface area contributed by atoms with Gasteiger partial charge in [0, 0.05) is 31.2 Å². The second-order valence-corrected chi connectivity index (χ2v) is 6.53. The molecule has 3 nitrogen and oxygen atoms in total. The Bertz CT molecular complexity index is 646. The summed E-state index contributed by atoms with van der Waals surface area (Å²) in [6.45, 7) is 0. The molecule has 0 aromatic heterocycles. The van der Waals surface area contributed by atoms with Crippen LogP contribution in [-0.4, -0.2) is 25.8 Å². The van der Waals surface area contributed by atoms with E-state index in [1.807, 2.05) is 67.5 Å². The van der Waals surface area contributed by atoms with Crippen molar-refractivity contribution in [3.05, 3.63) is 53.6 Å². The number of amides is 1. The molecule has 116 valence electrons. The Kier molecular flexibility index (Phi) is 6.16. The highest BCUT2D eigenvalue weighted by Gasteiger charge is 2.08. The first-order chi connectivity index (χ1) is 10.6. The van der Waals surface area contributed by atoms with Crippen LogP contribution in [0.1, 0.15) is 6.42 Å². The molecule has 0 unspecified atom stereocenters. The lowest BCUT2D eigenvalue weighted by atomic mass is 10.2. The van der Waals surface area contributed by atoms with Gasteiger partial charge in [0.1, 0.15) is 0 Å². The Morgan fingerprint density at radius 1 is 1.14 bits per heavy atom. The SMILES string of the molecule is CN(C)c1ccccc1NC(=O)CCSc1ccccc1Cl. The Balaban J connectivity index is 1.88. The molecule has 2 aromatic rings. The Labute approximate surface area is 140 Å². The van der Waals surface area contributed by atoms with Gasteiger partial charge in [-0.15, -0.1) is 11.8 Å². The molecule has 0 aliphatic rings. The van der Waals surface area contributed by atoms with Crippen LogP contribution in [0.25, 0.3) is 0 Å². The van der Waals surface area contributed by atoms with E-state index >= 15 is 0 Å². The zero-order chi connectivity index (χ0) is 15.9. The smallest absolute Gasteiger partial charge is 0.225 e. The van der Waals surface area contributed by atoms with Gasteiger partial charge >= 0.3 is 0 Å². The van der Waals surface area contributed by atoms with Gasteiger partial charge in [-0.25, -0.2) is 0 Å². The number of hydrogen-bond donors (Lipinski definition) is 1. The standard InChI is InChI=1S/C17H19ClN2OS/c1-20(2)15-9-5-4-8-14(15)19-17(21)11-12-22-16-10-6-3-7-13(16)18/h3-10H,11-12H2,1-2H3,(H,19,21). The molecule has 0 bridgehead atoms. The lowest BCUT2D eigenvalue weighted by molar-refractivity contribution is -0.115. The molecule has 0 aliphatic carbocycles. The third kappa shape index (κ3) is 4.68. The summed E-state index contributed by atoms with van der Waals surface area (Å²) < 4.78 is 0. The molecule has 0 aliphatic heterocycles. The predicted octanol–water partition coefficient (Wildman–Crippen LogP) is 4.53. The van der Waals surface area contributed by atoms with Crippen molar-refractivity contribution < 1.29 is 4.79 Å². The van der Waals surface area contributed by atoms with Crippen molar-refractivity contribution in [3.8, 4) is 0 Å². The maximum Gasteiger partial charge on any atom is 0.225 e. The molecule has 1 amide bonds. The fraction of sp³-hybridized carbons (Fsp3) is 0.235. The fourth-order valence-corrected chi connectivity index (χ4v) is 3.18. The molecule has 0 fully saturated rings. The maximum absolute atomic E-state index is 12.1. The van der Waals surface area contributed by atoms with E-state index in [4.69, 9.17) is 11.6 Å². The van der Waals surface area contributed by atoms with E-state index in [0.717, 1.165) is 21.3 Å². The number of hydrogen-bond acceptors (Lipinski definition) is 3. The average Bonchev–Trinajstić information content (AvgIpc) is 2.49. The lowest BCUT2D eigenvalue weighted by Gasteiger charge is -2.17. The van der Waals surface area contributed by atoms with Crippen molar-refractivity contribution in [2.75, 3.05) is 30.1 Å². The van der Waals surface area contributed by atoms with Gasteiger partial charge in [-0.3, -0.25) is 4.79 Å². The highest BCUT2D eigenvalue weighted by molar-refractivity contribution is 7.99. The van der Waals surface area contributed by atoms with Crippen molar-refractivity contribution in [3.63, 3.8) is 0 Å². The molecule has 2 rings (SSSR count). The Morgan fingerprint density at radius 3 is 2.55 bits per heavy atom. The summed E-state index contributed by atoms with van der Waals surface area (Å²) in [5, 5.41) is 3.69. The first kappa shape index (κ1) is 16.7. The van der Waals surface area contributed by atoms with E-state index in [1.54, 1.807) is 11.8 Å². The second kappa shape index (κ2) is 8.11. The third-order valence-electron chi connectivity index (χ3n) is 3.08. The first-order valence-electron chi connectivity index (χ1n) is 7.01. The number of benzene rings is 2. The van der Waals surface area contributed by atoms with Gasteiger partial charge in [-0.1, -0.05) is 35.9 Å². The Hall–Kier alpha value is -1.65. The number of carbonyl (C=O) groups is 1. The molecule has 5 heteroatoms. The number of rotatable bonds is 6. The van der Waals surface area contributed by atoms with Gasteiger partial charge in [0.05, 0.1) is 16.4 Å². The van der Waals surface area contributed by atoms with Crippen LogP contribution in [0.15, 0.2) is 53.4 Å². The van der Waals surface area contributed by atoms with Gasteiger partial charge in [0.2, 0.25) is 5.91 Å². The van der Waals surface area contributed by atoms with Crippen molar-refractivity contribution >= 4 is 40.6 Å². The minimum absolute atomic E-state index is 0.00820. The normalized spacial score (nSPS) is 10.3. The Morgan fingerprint density at radius 2 is 1.82 bits per heavy atom. The number of carbonyl (C=O) groups excluding carboxylic acids is 1. The monoisotopic (exact) mass is 334 g/mol. The third-order valence-corrected chi connectivity index (χ3v) is 4.60. The van der Waals surface area contributed by atoms with E-state index in [2.05, 4.69) is 5.32 Å². The summed E-state index contributed by atoms with van der Waals surface area (Å²) in [6.07, 6.45) is 0.442. The highest BCUT2D eigenvalue weighted by Crippen LogP contribution is 2.27. The number of nitrogens with one attached hydrogen (secondary N) is 1. The number of anilines is 2. The van der Waals surface area contributed by atoms with Crippen molar-refractivity contribution in [2.24, 2.45) is 0 Å². The maximum atomic E-state index is 12.1. The molecule has 1 N–H and O–H groups in total. The van der Waals surface area contributed by atoms with Gasteiger partial charge in [-0.05, 0) is 24.3 Å². The molecule has 0 saturated heterocycles. The first-order valence-corrected chi connectivity index (χ1v) is 8.38. The van der Waals surface area contributed by atoms with Gasteiger partial charge in [-0.2, -0.15) is 0 Å². The average molecular weight is 335 g/mol. The quantitative estimate of drug-likeness (QED) is 0.788. The van der Waals surface area contributed by atoms with Crippen LogP contribution in [-0.2, 0) is 4.79 Å². The molecule has 2 aromatic carbocycles. The van der Waals surface area contributed by atoms with Crippen molar-refractivity contribution in [2.45, 2.75) is 11.3 Å². The van der Waals surface area contributed by atoms with E-state index in [1.165, 1.54) is 0 Å². The molecule has 0 radical (unpaired) electrons. The van der Waals surface area contributed by atoms with Gasteiger partial charge in [0.25, 0.3) is 0 Å². The van der Waals surface area contributed by atoms with E-state index < -0.39 is 0 Å². The molecule has 0 atom stereocenters. The molecular weight excluding hydrogens is 316 g/mol. The van der Waals surface area contributed by atoms with Crippen LogP contribution in [0.5, 0.6) is 0 Å². The van der Waals surface area contributed by atoms with Crippen molar-refractivity contribution in [1.82, 2.24) is 0 Å². The summed E-state index contributed by atoms with van der Waals surface area (Å²) in [6, 6.07) is 15.4. The topological polar surface area (TPSA) is 32.3 Å². The van der Waals surface area contributed by atoms with E-state index in [-0.39, 0.29) is 5.91 Å². The zero-order valence-corrected chi connectivity index (χ0v) is 14.2. The van der Waals surface area contributed by atoms with Crippen LogP contribution in [0, 0.1) is 0 Å². The largest absolute Gasteiger partial charge is 0.376 e. The number of thioether (sulfide) groups is 1. The minimum atomic E-state index is 0.00820. The minimum Gasteiger partial charge on any atom is -0.376 e. The molecule has 22 heavy (non-hydrogen) atoms. The van der Waals surface area contributed by atoms with Gasteiger partial charge in [0.15, 0.2) is 0 Å². The molecule has 0 heterocycles. The molecular formula is C17H19ClN2OS. The van der Waals surface area contributed by atoms with Crippen LogP contribution < -0.4 is 10.2 Å². The summed E-state index contributed by atoms with van der Waals surface area (Å²) in [7, 11) is 3.91. The number of halogens is 1. The lowest BCUT2D eigenvalue weighted by Crippen LogP contribution is -2.16. The number of para-hydroxylation sites is 2. The summed E-state index contributed by atoms with van der Waals surface area (Å²) in [5.74, 6) is 0.702. The highest BCUT2D eigenvalue weighted by atomic mass is 35.5. The molecule has 0 spiro atoms. The van der Waals surface area contributed by atoms with Crippen molar-refractivity contribution in [1.29, 1.82) is 0 Å². The van der Waals surface area contributed by atoms with Gasteiger partial charge < -0.3 is 10.2 Å². The summed E-state index contributed by atoms with van der Waals surface area (Å²) in [4.78, 5) is 15.1. The predicted molar refractivity (Wildman–Crippen MR) is 96.2 cm³/mol. The number of nitrogens with zero attached hydrogens (tertiary/aromatic N) is 1. The van der Waals surface area contributed by atoms with E-state index in [9.17, 15) is 4.79 Å².